The normalized spacial score (nSPS) is 34.9. The summed E-state index contributed by atoms with van der Waals surface area (Å²) in [5.41, 5.74) is -0.698. The summed E-state index contributed by atoms with van der Waals surface area (Å²) in [6.45, 7) is 2.10. The summed E-state index contributed by atoms with van der Waals surface area (Å²) >= 11 is 0. The molecule has 0 spiro atoms. The molecule has 3 heteroatoms. The van der Waals surface area contributed by atoms with E-state index in [1.54, 1.807) is 0 Å². The lowest BCUT2D eigenvalue weighted by Gasteiger charge is -2.40. The summed E-state index contributed by atoms with van der Waals surface area (Å²) in [5.74, 6) is 0.511. The molecule has 2 aliphatic rings. The molecule has 0 unspecified atom stereocenters. The number of carbonyl (C=O) groups excluding carboxylic acids is 1. The van der Waals surface area contributed by atoms with Gasteiger partial charge in [0.25, 0.3) is 0 Å². The fourth-order valence-corrected chi connectivity index (χ4v) is 3.03. The van der Waals surface area contributed by atoms with Gasteiger partial charge in [0.2, 0.25) is 5.91 Å². The zero-order valence-corrected chi connectivity index (χ0v) is 9.96. The Morgan fingerprint density at radius 2 is 1.94 bits per heavy atom. The second-order valence-corrected chi connectivity index (χ2v) is 5.52. The molecule has 16 heavy (non-hydrogen) atoms. The second-order valence-electron chi connectivity index (χ2n) is 5.52. The summed E-state index contributed by atoms with van der Waals surface area (Å²) in [6.07, 6.45) is 7.35. The minimum atomic E-state index is -0.698. The van der Waals surface area contributed by atoms with E-state index in [2.05, 4.69) is 18.3 Å². The van der Waals surface area contributed by atoms with E-state index in [0.717, 1.165) is 25.7 Å². The lowest BCUT2D eigenvalue weighted by atomic mass is 9.63. The van der Waals surface area contributed by atoms with Crippen LogP contribution in [0.2, 0.25) is 0 Å². The first-order valence-corrected chi connectivity index (χ1v) is 6.38. The van der Waals surface area contributed by atoms with Crippen LogP contribution in [0.15, 0.2) is 0 Å². The van der Waals surface area contributed by atoms with Crippen LogP contribution in [-0.2, 0) is 4.79 Å². The van der Waals surface area contributed by atoms with Crippen LogP contribution < -0.4 is 5.32 Å². The Kier molecular flexibility index (Phi) is 3.18. The fourth-order valence-electron chi connectivity index (χ4n) is 3.03. The zero-order chi connectivity index (χ0) is 11.6. The van der Waals surface area contributed by atoms with E-state index in [4.69, 9.17) is 5.26 Å². The molecule has 0 aromatic carbocycles. The van der Waals surface area contributed by atoms with E-state index in [0.29, 0.717) is 12.0 Å². The van der Waals surface area contributed by atoms with Gasteiger partial charge in [-0.15, -0.1) is 0 Å². The van der Waals surface area contributed by atoms with Crippen LogP contribution in [0.3, 0.4) is 0 Å². The van der Waals surface area contributed by atoms with Crippen molar-refractivity contribution in [2.75, 3.05) is 0 Å². The Hall–Kier alpha value is -1.04. The third kappa shape index (κ3) is 2.07. The number of carbonyl (C=O) groups is 1. The molecule has 0 aromatic heterocycles. The van der Waals surface area contributed by atoms with Crippen molar-refractivity contribution < 1.29 is 4.79 Å². The maximum atomic E-state index is 12.1. The third-order valence-electron chi connectivity index (χ3n) is 3.98. The average molecular weight is 220 g/mol. The molecule has 2 saturated carbocycles. The molecule has 1 N–H and O–H groups in total. The number of nitriles is 1. The Labute approximate surface area is 97.2 Å². The average Bonchev–Trinajstić information content (AvgIpc) is 2.25. The van der Waals surface area contributed by atoms with Gasteiger partial charge in [-0.1, -0.05) is 26.2 Å². The monoisotopic (exact) mass is 220 g/mol. The molecule has 2 rings (SSSR count). The van der Waals surface area contributed by atoms with Gasteiger partial charge in [0, 0.05) is 6.04 Å². The van der Waals surface area contributed by atoms with Crippen molar-refractivity contribution in [1.29, 1.82) is 5.26 Å². The van der Waals surface area contributed by atoms with Crippen molar-refractivity contribution in [2.45, 2.75) is 57.9 Å². The van der Waals surface area contributed by atoms with Crippen LogP contribution in [0.5, 0.6) is 0 Å². The van der Waals surface area contributed by atoms with Crippen molar-refractivity contribution in [2.24, 2.45) is 11.3 Å². The Morgan fingerprint density at radius 1 is 1.31 bits per heavy atom. The molecule has 0 saturated heterocycles. The van der Waals surface area contributed by atoms with Crippen molar-refractivity contribution in [1.82, 2.24) is 5.32 Å². The van der Waals surface area contributed by atoms with Gasteiger partial charge in [-0.05, 0) is 31.6 Å². The molecule has 0 atom stereocenters. The van der Waals surface area contributed by atoms with Crippen molar-refractivity contribution >= 4 is 5.91 Å². The summed E-state index contributed by atoms with van der Waals surface area (Å²) in [5, 5.41) is 12.2. The van der Waals surface area contributed by atoms with Crippen molar-refractivity contribution in [3.05, 3.63) is 0 Å². The lowest BCUT2D eigenvalue weighted by molar-refractivity contribution is -0.134. The summed E-state index contributed by atoms with van der Waals surface area (Å²) in [4.78, 5) is 12.1. The molecule has 1 amide bonds. The van der Waals surface area contributed by atoms with Gasteiger partial charge in [-0.3, -0.25) is 4.79 Å². The molecule has 0 aromatic rings. The molecule has 0 aliphatic heterocycles. The van der Waals surface area contributed by atoms with Gasteiger partial charge in [-0.2, -0.15) is 5.26 Å². The summed E-state index contributed by atoms with van der Waals surface area (Å²) in [6, 6.07) is 2.54. The Balaban J connectivity index is 1.89. The number of rotatable bonds is 2. The SMILES string of the molecule is CC1CC(C#N)(C(=O)NC2CCCCC2)C1. The molecule has 3 nitrogen and oxygen atoms in total. The maximum Gasteiger partial charge on any atom is 0.240 e. The maximum absolute atomic E-state index is 12.1. The predicted molar refractivity (Wildman–Crippen MR) is 61.5 cm³/mol. The minimum Gasteiger partial charge on any atom is -0.352 e. The number of hydrogen-bond acceptors (Lipinski definition) is 2. The van der Waals surface area contributed by atoms with E-state index in [-0.39, 0.29) is 5.91 Å². The lowest BCUT2D eigenvalue weighted by Crippen LogP contribution is -2.51. The standard InChI is InChI=1S/C13H20N2O/c1-10-7-13(8-10,9-14)12(16)15-11-5-3-2-4-6-11/h10-11H,2-8H2,1H3,(H,15,16). The van der Waals surface area contributed by atoms with Gasteiger partial charge in [-0.25, -0.2) is 0 Å². The van der Waals surface area contributed by atoms with Gasteiger partial charge >= 0.3 is 0 Å². The predicted octanol–water partition coefficient (Wildman–Crippen LogP) is 2.38. The zero-order valence-electron chi connectivity index (χ0n) is 9.96. The number of hydrogen-bond donors (Lipinski definition) is 1. The van der Waals surface area contributed by atoms with Crippen LogP contribution in [0.4, 0.5) is 0 Å². The molecule has 0 heterocycles. The van der Waals surface area contributed by atoms with Crippen LogP contribution >= 0.6 is 0 Å². The summed E-state index contributed by atoms with van der Waals surface area (Å²) < 4.78 is 0. The molecule has 0 radical (unpaired) electrons. The smallest absolute Gasteiger partial charge is 0.240 e. The molecule has 0 bridgehead atoms. The first-order valence-electron chi connectivity index (χ1n) is 6.38. The quantitative estimate of drug-likeness (QED) is 0.776. The molecule has 2 aliphatic carbocycles. The van der Waals surface area contributed by atoms with E-state index >= 15 is 0 Å². The van der Waals surface area contributed by atoms with E-state index in [1.807, 2.05) is 0 Å². The van der Waals surface area contributed by atoms with Crippen LogP contribution in [-0.4, -0.2) is 11.9 Å². The third-order valence-corrected chi connectivity index (χ3v) is 3.98. The van der Waals surface area contributed by atoms with Gasteiger partial charge in [0.1, 0.15) is 5.41 Å². The molecule has 2 fully saturated rings. The number of amides is 1. The molecule has 88 valence electrons. The van der Waals surface area contributed by atoms with Crippen molar-refractivity contribution in [3.8, 4) is 6.07 Å². The second kappa shape index (κ2) is 4.45. The minimum absolute atomic E-state index is 0.0139. The van der Waals surface area contributed by atoms with E-state index < -0.39 is 5.41 Å². The molecular formula is C13H20N2O. The highest BCUT2D eigenvalue weighted by atomic mass is 16.2. The van der Waals surface area contributed by atoms with Crippen LogP contribution in [0, 0.1) is 22.7 Å². The first-order chi connectivity index (χ1) is 7.66. The highest BCUT2D eigenvalue weighted by molar-refractivity contribution is 5.86. The number of nitrogens with one attached hydrogen (secondary N) is 1. The van der Waals surface area contributed by atoms with Crippen LogP contribution in [0.25, 0.3) is 0 Å². The van der Waals surface area contributed by atoms with Gasteiger partial charge in [0.15, 0.2) is 0 Å². The Bertz CT molecular complexity index is 306. The first kappa shape index (κ1) is 11.4. The number of nitrogens with zero attached hydrogens (tertiary/aromatic N) is 1. The fraction of sp³-hybridized carbons (Fsp3) is 0.846. The topological polar surface area (TPSA) is 52.9 Å². The highest BCUT2D eigenvalue weighted by Gasteiger charge is 2.49. The Morgan fingerprint density at radius 3 is 2.44 bits per heavy atom. The van der Waals surface area contributed by atoms with Crippen LogP contribution in [0.1, 0.15) is 51.9 Å². The highest BCUT2D eigenvalue weighted by Crippen LogP contribution is 2.45. The summed E-state index contributed by atoms with van der Waals surface area (Å²) in [7, 11) is 0. The largest absolute Gasteiger partial charge is 0.352 e. The van der Waals surface area contributed by atoms with Gasteiger partial charge < -0.3 is 5.32 Å². The van der Waals surface area contributed by atoms with Crippen molar-refractivity contribution in [3.63, 3.8) is 0 Å². The molecular weight excluding hydrogens is 200 g/mol. The van der Waals surface area contributed by atoms with E-state index in [1.165, 1.54) is 19.3 Å². The van der Waals surface area contributed by atoms with Gasteiger partial charge in [0.05, 0.1) is 6.07 Å². The van der Waals surface area contributed by atoms with E-state index in [9.17, 15) is 4.79 Å².